The molecular formula is C22H15Cl2NO4. The summed E-state index contributed by atoms with van der Waals surface area (Å²) in [7, 11) is 0. The smallest absolute Gasteiger partial charge is 0.352 e. The monoisotopic (exact) mass is 427 g/mol. The van der Waals surface area contributed by atoms with E-state index in [1.54, 1.807) is 66.7 Å². The number of carboxylic acids is 1. The van der Waals surface area contributed by atoms with E-state index in [2.05, 4.69) is 5.32 Å². The van der Waals surface area contributed by atoms with E-state index in [9.17, 15) is 14.7 Å². The predicted molar refractivity (Wildman–Crippen MR) is 112 cm³/mol. The fourth-order valence-corrected chi connectivity index (χ4v) is 2.84. The molecule has 3 aromatic carbocycles. The molecule has 0 heterocycles. The number of rotatable bonds is 6. The highest BCUT2D eigenvalue weighted by Gasteiger charge is 2.14. The third kappa shape index (κ3) is 5.38. The lowest BCUT2D eigenvalue weighted by atomic mass is 10.1. The highest BCUT2D eigenvalue weighted by atomic mass is 35.5. The van der Waals surface area contributed by atoms with Crippen LogP contribution in [0.5, 0.6) is 11.5 Å². The van der Waals surface area contributed by atoms with E-state index in [1.807, 2.05) is 0 Å². The second-order valence-corrected chi connectivity index (χ2v) is 6.72. The van der Waals surface area contributed by atoms with Gasteiger partial charge in [-0.3, -0.25) is 4.79 Å². The van der Waals surface area contributed by atoms with Crippen LogP contribution in [0.3, 0.4) is 0 Å². The van der Waals surface area contributed by atoms with Gasteiger partial charge < -0.3 is 15.2 Å². The van der Waals surface area contributed by atoms with Crippen molar-refractivity contribution < 1.29 is 19.4 Å². The van der Waals surface area contributed by atoms with Gasteiger partial charge in [0.25, 0.3) is 5.91 Å². The highest BCUT2D eigenvalue weighted by molar-refractivity contribution is 6.33. The molecule has 0 saturated carbocycles. The molecule has 7 heteroatoms. The van der Waals surface area contributed by atoms with Crippen LogP contribution >= 0.6 is 23.2 Å². The maximum absolute atomic E-state index is 12.2. The van der Waals surface area contributed by atoms with Crippen LogP contribution < -0.4 is 10.1 Å². The summed E-state index contributed by atoms with van der Waals surface area (Å²) >= 11 is 12.3. The Kier molecular flexibility index (Phi) is 6.54. The zero-order chi connectivity index (χ0) is 20.8. The molecule has 5 nitrogen and oxygen atoms in total. The number of halogens is 2. The molecule has 1 amide bonds. The van der Waals surface area contributed by atoms with Gasteiger partial charge in [0.1, 0.15) is 17.2 Å². The van der Waals surface area contributed by atoms with Gasteiger partial charge in [-0.1, -0.05) is 59.6 Å². The van der Waals surface area contributed by atoms with Crippen molar-refractivity contribution in [2.24, 2.45) is 0 Å². The average molecular weight is 428 g/mol. The molecule has 29 heavy (non-hydrogen) atoms. The summed E-state index contributed by atoms with van der Waals surface area (Å²) in [4.78, 5) is 23.8. The van der Waals surface area contributed by atoms with Crippen molar-refractivity contribution in [3.05, 3.63) is 99.7 Å². The Morgan fingerprint density at radius 3 is 2.17 bits per heavy atom. The van der Waals surface area contributed by atoms with Crippen molar-refractivity contribution in [2.45, 2.75) is 0 Å². The molecule has 0 unspecified atom stereocenters. The van der Waals surface area contributed by atoms with E-state index in [-0.39, 0.29) is 10.7 Å². The molecule has 0 atom stereocenters. The number of hydrogen-bond donors (Lipinski definition) is 2. The van der Waals surface area contributed by atoms with Crippen LogP contribution in [0.15, 0.2) is 78.5 Å². The van der Waals surface area contributed by atoms with Crippen molar-refractivity contribution in [3.8, 4) is 11.5 Å². The summed E-state index contributed by atoms with van der Waals surface area (Å²) in [5, 5.41) is 12.5. The third-order valence-corrected chi connectivity index (χ3v) is 4.45. The summed E-state index contributed by atoms with van der Waals surface area (Å²) in [6, 6.07) is 20.0. The van der Waals surface area contributed by atoms with Crippen LogP contribution in [-0.2, 0) is 4.79 Å². The fourth-order valence-electron chi connectivity index (χ4n) is 2.44. The SMILES string of the molecule is O=C(O)/C(=C\c1ccc(Oc2ccccc2Cl)c(Cl)c1)NC(=O)c1ccccc1. The number of para-hydroxylation sites is 1. The van der Waals surface area contributed by atoms with Crippen molar-refractivity contribution in [1.82, 2.24) is 5.32 Å². The summed E-state index contributed by atoms with van der Waals surface area (Å²) in [6.45, 7) is 0. The molecule has 0 spiro atoms. The van der Waals surface area contributed by atoms with E-state index in [1.165, 1.54) is 12.1 Å². The second kappa shape index (κ2) is 9.28. The Hall–Kier alpha value is -3.28. The van der Waals surface area contributed by atoms with Gasteiger partial charge in [-0.2, -0.15) is 0 Å². The zero-order valence-corrected chi connectivity index (χ0v) is 16.4. The number of aliphatic carboxylic acids is 1. The van der Waals surface area contributed by atoms with Gasteiger partial charge in [-0.15, -0.1) is 0 Å². The quantitative estimate of drug-likeness (QED) is 0.498. The Bertz CT molecular complexity index is 1080. The normalized spacial score (nSPS) is 11.0. The number of amides is 1. The van der Waals surface area contributed by atoms with E-state index in [4.69, 9.17) is 27.9 Å². The molecule has 3 rings (SSSR count). The van der Waals surface area contributed by atoms with E-state index in [0.717, 1.165) is 0 Å². The van der Waals surface area contributed by atoms with Crippen molar-refractivity contribution in [2.75, 3.05) is 0 Å². The van der Waals surface area contributed by atoms with Crippen LogP contribution in [0.1, 0.15) is 15.9 Å². The fraction of sp³-hybridized carbons (Fsp3) is 0. The molecule has 2 N–H and O–H groups in total. The van der Waals surface area contributed by atoms with Gasteiger partial charge in [-0.05, 0) is 48.0 Å². The first-order chi connectivity index (χ1) is 13.9. The van der Waals surface area contributed by atoms with E-state index >= 15 is 0 Å². The highest BCUT2D eigenvalue weighted by Crippen LogP contribution is 2.34. The molecule has 0 fully saturated rings. The van der Waals surface area contributed by atoms with Crippen molar-refractivity contribution >= 4 is 41.2 Å². The lowest BCUT2D eigenvalue weighted by Gasteiger charge is -2.10. The Morgan fingerprint density at radius 1 is 0.862 bits per heavy atom. The molecule has 3 aromatic rings. The molecule has 0 aliphatic rings. The van der Waals surface area contributed by atoms with Gasteiger partial charge in [0, 0.05) is 5.56 Å². The number of ether oxygens (including phenoxy) is 1. The first kappa shape index (κ1) is 20.5. The van der Waals surface area contributed by atoms with E-state index < -0.39 is 11.9 Å². The molecule has 0 radical (unpaired) electrons. The van der Waals surface area contributed by atoms with Crippen LogP contribution in [-0.4, -0.2) is 17.0 Å². The second-order valence-electron chi connectivity index (χ2n) is 5.91. The molecular weight excluding hydrogens is 413 g/mol. The van der Waals surface area contributed by atoms with Gasteiger partial charge in [-0.25, -0.2) is 4.79 Å². The summed E-state index contributed by atoms with van der Waals surface area (Å²) in [5.41, 5.74) is 0.545. The number of carbonyl (C=O) groups excluding carboxylic acids is 1. The minimum Gasteiger partial charge on any atom is -0.477 e. The first-order valence-corrected chi connectivity index (χ1v) is 9.23. The van der Waals surface area contributed by atoms with Crippen LogP contribution in [0, 0.1) is 0 Å². The van der Waals surface area contributed by atoms with E-state index in [0.29, 0.717) is 27.6 Å². The summed E-state index contributed by atoms with van der Waals surface area (Å²) in [6.07, 6.45) is 1.31. The molecule has 0 bridgehead atoms. The summed E-state index contributed by atoms with van der Waals surface area (Å²) < 4.78 is 5.70. The molecule has 0 aliphatic heterocycles. The molecule has 0 aliphatic carbocycles. The minimum atomic E-state index is -1.28. The van der Waals surface area contributed by atoms with Gasteiger partial charge in [0.05, 0.1) is 10.0 Å². The molecule has 146 valence electrons. The van der Waals surface area contributed by atoms with Crippen LogP contribution in [0.25, 0.3) is 6.08 Å². The maximum atomic E-state index is 12.2. The van der Waals surface area contributed by atoms with Gasteiger partial charge >= 0.3 is 5.97 Å². The topological polar surface area (TPSA) is 75.6 Å². The Labute approximate surface area is 177 Å². The number of nitrogens with one attached hydrogen (secondary N) is 1. The third-order valence-electron chi connectivity index (χ3n) is 3.84. The Morgan fingerprint density at radius 2 is 1.52 bits per heavy atom. The number of benzene rings is 3. The molecule has 0 saturated heterocycles. The lowest BCUT2D eigenvalue weighted by Crippen LogP contribution is -2.27. The lowest BCUT2D eigenvalue weighted by molar-refractivity contribution is -0.132. The zero-order valence-electron chi connectivity index (χ0n) is 14.9. The standard InChI is InChI=1S/C22H15Cl2NO4/c23-16-8-4-5-9-19(16)29-20-11-10-14(12-17(20)24)13-18(22(27)28)25-21(26)15-6-2-1-3-7-15/h1-13H,(H,25,26)(H,27,28)/b18-13+. The summed E-state index contributed by atoms with van der Waals surface area (Å²) in [5.74, 6) is -0.992. The maximum Gasteiger partial charge on any atom is 0.352 e. The first-order valence-electron chi connectivity index (χ1n) is 8.47. The predicted octanol–water partition coefficient (Wildman–Crippen LogP) is 5.64. The largest absolute Gasteiger partial charge is 0.477 e. The number of hydrogen-bond acceptors (Lipinski definition) is 3. The Balaban J connectivity index is 1.81. The van der Waals surface area contributed by atoms with Crippen molar-refractivity contribution in [1.29, 1.82) is 0 Å². The van der Waals surface area contributed by atoms with Crippen LogP contribution in [0.4, 0.5) is 0 Å². The van der Waals surface area contributed by atoms with Crippen molar-refractivity contribution in [3.63, 3.8) is 0 Å². The van der Waals surface area contributed by atoms with Gasteiger partial charge in [0.2, 0.25) is 0 Å². The minimum absolute atomic E-state index is 0.262. The van der Waals surface area contributed by atoms with Crippen LogP contribution in [0.2, 0.25) is 10.0 Å². The van der Waals surface area contributed by atoms with Gasteiger partial charge in [0.15, 0.2) is 0 Å². The number of carboxylic acid groups (broad SMARTS) is 1. The average Bonchev–Trinajstić information content (AvgIpc) is 2.71. The molecule has 0 aromatic heterocycles. The number of carbonyl (C=O) groups is 2.